The Morgan fingerprint density at radius 3 is 2.07 bits per heavy atom. The number of esters is 1. The summed E-state index contributed by atoms with van der Waals surface area (Å²) in [6.45, 7) is 8.28. The van der Waals surface area contributed by atoms with Gasteiger partial charge in [0.25, 0.3) is 10.1 Å². The summed E-state index contributed by atoms with van der Waals surface area (Å²) in [6, 6.07) is 8.83. The van der Waals surface area contributed by atoms with Crippen molar-refractivity contribution in [1.82, 2.24) is 0 Å². The Labute approximate surface area is 173 Å². The molecule has 0 saturated carbocycles. The second-order valence-electron chi connectivity index (χ2n) is 7.28. The molecule has 1 unspecified atom stereocenters. The van der Waals surface area contributed by atoms with Gasteiger partial charge in [-0.25, -0.2) is 4.79 Å². The number of carbonyl (C=O) groups is 1. The zero-order valence-corrected chi connectivity index (χ0v) is 18.4. The average molecular weight is 433 g/mol. The number of hydrogen-bond donors (Lipinski definition) is 0. The van der Waals surface area contributed by atoms with Crippen molar-refractivity contribution in [3.05, 3.63) is 35.9 Å². The van der Waals surface area contributed by atoms with E-state index in [0.717, 1.165) is 0 Å². The van der Waals surface area contributed by atoms with Gasteiger partial charge in [-0.1, -0.05) is 30.3 Å². The lowest BCUT2D eigenvalue weighted by atomic mass is 10.2. The molecule has 0 aliphatic heterocycles. The predicted molar refractivity (Wildman–Crippen MR) is 108 cm³/mol. The van der Waals surface area contributed by atoms with E-state index in [1.54, 1.807) is 52.0 Å². The van der Waals surface area contributed by atoms with Crippen LogP contribution < -0.4 is 0 Å². The second kappa shape index (κ2) is 12.9. The van der Waals surface area contributed by atoms with E-state index in [1.165, 1.54) is 0 Å². The zero-order valence-electron chi connectivity index (χ0n) is 17.6. The summed E-state index contributed by atoms with van der Waals surface area (Å²) in [5, 5.41) is 0. The molecule has 8 nitrogen and oxygen atoms in total. The van der Waals surface area contributed by atoms with Gasteiger partial charge in [0.1, 0.15) is 11.4 Å². The fourth-order valence-corrected chi connectivity index (χ4v) is 3.10. The highest BCUT2D eigenvalue weighted by molar-refractivity contribution is 7.85. The number of benzene rings is 1. The van der Waals surface area contributed by atoms with Crippen molar-refractivity contribution in [2.45, 2.75) is 45.2 Å². The highest BCUT2D eigenvalue weighted by Gasteiger charge is 2.21. The van der Waals surface area contributed by atoms with Crippen molar-refractivity contribution in [3.8, 4) is 0 Å². The maximum atomic E-state index is 11.8. The first kappa shape index (κ1) is 25.5. The SMILES string of the molecule is CC(OCCOCCOCCOS(=O)(=O)Cc1ccccc1)C(=O)OC(C)(C)C. The fourth-order valence-electron chi connectivity index (χ4n) is 2.10. The molecule has 0 aromatic heterocycles. The van der Waals surface area contributed by atoms with Gasteiger partial charge in [0.05, 0.1) is 39.6 Å². The van der Waals surface area contributed by atoms with E-state index in [1.807, 2.05) is 6.07 Å². The molecule has 1 rings (SSSR count). The van der Waals surface area contributed by atoms with Crippen molar-refractivity contribution in [2.24, 2.45) is 0 Å². The van der Waals surface area contributed by atoms with Crippen LogP contribution >= 0.6 is 0 Å². The van der Waals surface area contributed by atoms with E-state index in [9.17, 15) is 13.2 Å². The minimum Gasteiger partial charge on any atom is -0.458 e. The van der Waals surface area contributed by atoms with Crippen LogP contribution in [0.15, 0.2) is 30.3 Å². The first-order chi connectivity index (χ1) is 13.6. The summed E-state index contributed by atoms with van der Waals surface area (Å²) in [6.07, 6.45) is -0.663. The lowest BCUT2D eigenvalue weighted by Gasteiger charge is -2.22. The summed E-state index contributed by atoms with van der Waals surface area (Å²) in [4.78, 5) is 11.7. The van der Waals surface area contributed by atoms with E-state index in [4.69, 9.17) is 23.1 Å². The van der Waals surface area contributed by atoms with Crippen LogP contribution in [0.1, 0.15) is 33.3 Å². The van der Waals surface area contributed by atoms with Gasteiger partial charge < -0.3 is 18.9 Å². The third kappa shape index (κ3) is 13.3. The molecule has 0 bridgehead atoms. The molecule has 1 aromatic rings. The molecule has 29 heavy (non-hydrogen) atoms. The zero-order chi connectivity index (χ0) is 21.8. The molecule has 1 atom stereocenters. The number of rotatable bonds is 14. The van der Waals surface area contributed by atoms with Crippen molar-refractivity contribution < 1.29 is 36.3 Å². The molecule has 0 N–H and O–H groups in total. The van der Waals surface area contributed by atoms with E-state index in [0.29, 0.717) is 25.4 Å². The Hall–Kier alpha value is -1.52. The molecule has 0 fully saturated rings. The van der Waals surface area contributed by atoms with E-state index in [-0.39, 0.29) is 25.6 Å². The molecular weight excluding hydrogens is 400 g/mol. The fraction of sp³-hybridized carbons (Fsp3) is 0.650. The predicted octanol–water partition coefficient (Wildman–Crippen LogP) is 2.31. The van der Waals surface area contributed by atoms with Crippen molar-refractivity contribution in [1.29, 1.82) is 0 Å². The van der Waals surface area contributed by atoms with Crippen LogP contribution in [0.2, 0.25) is 0 Å². The van der Waals surface area contributed by atoms with Gasteiger partial charge in [-0.2, -0.15) is 8.42 Å². The lowest BCUT2D eigenvalue weighted by Crippen LogP contribution is -2.32. The molecule has 0 radical (unpaired) electrons. The summed E-state index contributed by atoms with van der Waals surface area (Å²) in [5.41, 5.74) is 0.123. The Morgan fingerprint density at radius 1 is 0.931 bits per heavy atom. The lowest BCUT2D eigenvalue weighted by molar-refractivity contribution is -0.168. The van der Waals surface area contributed by atoms with E-state index >= 15 is 0 Å². The van der Waals surface area contributed by atoms with Gasteiger partial charge in [0.2, 0.25) is 0 Å². The normalized spacial score (nSPS) is 13.2. The van der Waals surface area contributed by atoms with Crippen LogP contribution in [-0.2, 0) is 43.8 Å². The van der Waals surface area contributed by atoms with Crippen LogP contribution in [0.3, 0.4) is 0 Å². The van der Waals surface area contributed by atoms with Crippen LogP contribution in [0, 0.1) is 0 Å². The van der Waals surface area contributed by atoms with Gasteiger partial charge in [0, 0.05) is 0 Å². The topological polar surface area (TPSA) is 97.4 Å². The number of carbonyl (C=O) groups excluding carboxylic acids is 1. The molecule has 0 amide bonds. The largest absolute Gasteiger partial charge is 0.458 e. The highest BCUT2D eigenvalue weighted by Crippen LogP contribution is 2.09. The maximum absolute atomic E-state index is 11.8. The molecule has 0 heterocycles. The van der Waals surface area contributed by atoms with Crippen LogP contribution in [0.25, 0.3) is 0 Å². The quantitative estimate of drug-likeness (QED) is 0.251. The minimum atomic E-state index is -3.63. The molecule has 0 spiro atoms. The van der Waals surface area contributed by atoms with Crippen molar-refractivity contribution in [2.75, 3.05) is 39.6 Å². The molecule has 0 aliphatic rings. The van der Waals surface area contributed by atoms with E-state index < -0.39 is 27.8 Å². The number of hydrogen-bond acceptors (Lipinski definition) is 8. The van der Waals surface area contributed by atoms with E-state index in [2.05, 4.69) is 0 Å². The standard InChI is InChI=1S/C20H32O8S/c1-17(19(21)28-20(2,3)4)26-14-12-24-10-11-25-13-15-27-29(22,23)16-18-8-6-5-7-9-18/h5-9,17H,10-16H2,1-4H3. The Morgan fingerprint density at radius 2 is 1.48 bits per heavy atom. The van der Waals surface area contributed by atoms with Crippen molar-refractivity contribution >= 4 is 16.1 Å². The summed E-state index contributed by atoms with van der Waals surface area (Å²) >= 11 is 0. The Balaban J connectivity index is 2.00. The maximum Gasteiger partial charge on any atom is 0.335 e. The van der Waals surface area contributed by atoms with Crippen LogP contribution in [0.4, 0.5) is 0 Å². The summed E-state index contributed by atoms with van der Waals surface area (Å²) in [5.74, 6) is -0.582. The molecule has 0 saturated heterocycles. The van der Waals surface area contributed by atoms with Crippen LogP contribution in [0.5, 0.6) is 0 Å². The summed E-state index contributed by atoms with van der Waals surface area (Å²) < 4.78 is 49.7. The third-order valence-corrected chi connectivity index (χ3v) is 4.60. The van der Waals surface area contributed by atoms with Gasteiger partial charge in [-0.3, -0.25) is 4.18 Å². The smallest absolute Gasteiger partial charge is 0.335 e. The third-order valence-electron chi connectivity index (χ3n) is 3.38. The molecule has 1 aromatic carbocycles. The monoisotopic (exact) mass is 432 g/mol. The molecule has 166 valence electrons. The highest BCUT2D eigenvalue weighted by atomic mass is 32.2. The first-order valence-electron chi connectivity index (χ1n) is 9.50. The summed E-state index contributed by atoms with van der Waals surface area (Å²) in [7, 11) is -3.63. The average Bonchev–Trinajstić information content (AvgIpc) is 2.62. The second-order valence-corrected chi connectivity index (χ2v) is 8.92. The number of ether oxygens (including phenoxy) is 4. The minimum absolute atomic E-state index is 0.0499. The Bertz CT molecular complexity index is 682. The molecule has 0 aliphatic carbocycles. The Kier molecular flexibility index (Phi) is 11.4. The molecular formula is C20H32O8S. The molecule has 9 heteroatoms. The first-order valence-corrected chi connectivity index (χ1v) is 11.1. The van der Waals surface area contributed by atoms with Crippen LogP contribution in [-0.4, -0.2) is 65.7 Å². The van der Waals surface area contributed by atoms with Gasteiger partial charge in [-0.05, 0) is 33.3 Å². The van der Waals surface area contributed by atoms with Gasteiger partial charge in [-0.15, -0.1) is 0 Å². The van der Waals surface area contributed by atoms with Crippen molar-refractivity contribution in [3.63, 3.8) is 0 Å². The van der Waals surface area contributed by atoms with Gasteiger partial charge >= 0.3 is 5.97 Å². The van der Waals surface area contributed by atoms with Gasteiger partial charge in [0.15, 0.2) is 6.10 Å².